The molecule has 0 aromatic heterocycles. The molecule has 0 aliphatic rings. The van der Waals surface area contributed by atoms with E-state index >= 15 is 0 Å². The summed E-state index contributed by atoms with van der Waals surface area (Å²) in [7, 11) is 0. The first-order chi connectivity index (χ1) is 7.40. The minimum Gasteiger partial charge on any atom is -0.418 e. The van der Waals surface area contributed by atoms with Crippen LogP contribution in [0.1, 0.15) is 20.7 Å². The summed E-state index contributed by atoms with van der Waals surface area (Å²) in [6, 6.07) is 4.06. The van der Waals surface area contributed by atoms with Gasteiger partial charge in [0.2, 0.25) is 9.39 Å². The van der Waals surface area contributed by atoms with Crippen molar-refractivity contribution < 1.29 is 19.1 Å². The zero-order valence-electron chi connectivity index (χ0n) is 7.50. The lowest BCUT2D eigenvalue weighted by Gasteiger charge is -2.04. The molecular weight excluding hydrogens is 412 g/mol. The first kappa shape index (κ1) is 13.5. The standard InChI is InChI=1S/C9H3Br3O4/c10-7(13)4-1-5(8(11)14)3-6(2-4)16-9(12)15/h1-3H. The fraction of sp³-hybridized carbons (Fsp3) is 0. The largest absolute Gasteiger partial charge is 0.418 e. The van der Waals surface area contributed by atoms with E-state index < -0.39 is 14.3 Å². The third-order valence-corrected chi connectivity index (χ3v) is 2.64. The van der Waals surface area contributed by atoms with Gasteiger partial charge in [-0.1, -0.05) is 0 Å². The van der Waals surface area contributed by atoms with E-state index in [-0.39, 0.29) is 16.9 Å². The van der Waals surface area contributed by atoms with E-state index in [4.69, 9.17) is 4.74 Å². The van der Waals surface area contributed by atoms with Gasteiger partial charge < -0.3 is 4.74 Å². The molecule has 0 fully saturated rings. The van der Waals surface area contributed by atoms with Crippen LogP contribution in [0.25, 0.3) is 0 Å². The Bertz CT molecular complexity index is 438. The van der Waals surface area contributed by atoms with Crippen LogP contribution in [-0.4, -0.2) is 14.3 Å². The summed E-state index contributed by atoms with van der Waals surface area (Å²) in [6.07, 6.45) is 0. The van der Waals surface area contributed by atoms with Crippen molar-refractivity contribution in [2.75, 3.05) is 0 Å². The molecule has 84 valence electrons. The van der Waals surface area contributed by atoms with Crippen molar-refractivity contribution in [3.05, 3.63) is 29.3 Å². The van der Waals surface area contributed by atoms with Crippen LogP contribution in [0, 0.1) is 0 Å². The molecule has 0 saturated heterocycles. The average molecular weight is 415 g/mol. The van der Waals surface area contributed by atoms with Crippen LogP contribution in [-0.2, 0) is 0 Å². The van der Waals surface area contributed by atoms with Crippen molar-refractivity contribution >= 4 is 62.1 Å². The topological polar surface area (TPSA) is 60.4 Å². The Morgan fingerprint density at radius 3 is 1.62 bits per heavy atom. The van der Waals surface area contributed by atoms with E-state index in [0.29, 0.717) is 0 Å². The van der Waals surface area contributed by atoms with Crippen LogP contribution in [0.15, 0.2) is 18.2 Å². The number of benzene rings is 1. The molecule has 0 heterocycles. The molecular formula is C9H3Br3O4. The Balaban J connectivity index is 3.23. The van der Waals surface area contributed by atoms with E-state index in [1.54, 1.807) is 0 Å². The molecule has 1 aromatic carbocycles. The molecule has 1 aromatic rings. The smallest absolute Gasteiger partial charge is 0.379 e. The first-order valence-corrected chi connectivity index (χ1v) is 6.20. The monoisotopic (exact) mass is 412 g/mol. The maximum atomic E-state index is 11.1. The van der Waals surface area contributed by atoms with Crippen molar-refractivity contribution in [3.63, 3.8) is 0 Å². The highest BCUT2D eigenvalue weighted by Gasteiger charge is 2.11. The van der Waals surface area contributed by atoms with E-state index in [2.05, 4.69) is 47.8 Å². The Hall–Kier alpha value is -0.530. The van der Waals surface area contributed by atoms with Gasteiger partial charge in [0.15, 0.2) is 0 Å². The molecule has 0 radical (unpaired) electrons. The Kier molecular flexibility index (Phi) is 4.82. The predicted octanol–water partition coefficient (Wildman–Crippen LogP) is 3.65. The highest BCUT2D eigenvalue weighted by atomic mass is 79.9. The van der Waals surface area contributed by atoms with Crippen molar-refractivity contribution in [3.8, 4) is 5.75 Å². The zero-order chi connectivity index (χ0) is 12.3. The number of hydrogen-bond donors (Lipinski definition) is 0. The van der Waals surface area contributed by atoms with Gasteiger partial charge in [-0.15, -0.1) is 0 Å². The molecule has 0 aliphatic carbocycles. The maximum Gasteiger partial charge on any atom is 0.379 e. The van der Waals surface area contributed by atoms with Gasteiger partial charge in [0.25, 0.3) is 0 Å². The molecule has 7 heteroatoms. The number of carbonyl (C=O) groups is 3. The molecule has 0 aliphatic heterocycles. The third kappa shape index (κ3) is 3.80. The number of rotatable bonds is 3. The first-order valence-electron chi connectivity index (χ1n) is 3.82. The number of carbonyl (C=O) groups excluding carboxylic acids is 3. The minimum absolute atomic E-state index is 0.106. The van der Waals surface area contributed by atoms with Gasteiger partial charge in [0.1, 0.15) is 5.75 Å². The second kappa shape index (κ2) is 5.70. The summed E-state index contributed by atoms with van der Waals surface area (Å²) in [5.74, 6) is 0.106. The van der Waals surface area contributed by atoms with Crippen LogP contribution in [0.3, 0.4) is 0 Å². The van der Waals surface area contributed by atoms with Crippen LogP contribution in [0.5, 0.6) is 5.75 Å². The molecule has 4 nitrogen and oxygen atoms in total. The van der Waals surface area contributed by atoms with Gasteiger partial charge in [-0.05, 0) is 50.1 Å². The van der Waals surface area contributed by atoms with Crippen molar-refractivity contribution in [1.82, 2.24) is 0 Å². The zero-order valence-corrected chi connectivity index (χ0v) is 12.3. The average Bonchev–Trinajstić information content (AvgIpc) is 2.15. The number of halogens is 3. The molecule has 0 spiro atoms. The SMILES string of the molecule is O=C(Br)Oc1cc(C(=O)Br)cc(C(=O)Br)c1. The summed E-state index contributed by atoms with van der Waals surface area (Å²) in [5.41, 5.74) is 0.433. The van der Waals surface area contributed by atoms with E-state index in [1.165, 1.54) is 18.2 Å². The van der Waals surface area contributed by atoms with Crippen LogP contribution < -0.4 is 4.74 Å². The normalized spacial score (nSPS) is 9.69. The summed E-state index contributed by atoms with van der Waals surface area (Å²) >= 11 is 8.08. The minimum atomic E-state index is -0.709. The van der Waals surface area contributed by atoms with Gasteiger partial charge in [-0.3, -0.25) is 9.59 Å². The van der Waals surface area contributed by atoms with Crippen LogP contribution in [0.2, 0.25) is 0 Å². The van der Waals surface area contributed by atoms with Gasteiger partial charge in [-0.25, -0.2) is 4.79 Å². The Morgan fingerprint density at radius 1 is 0.875 bits per heavy atom. The van der Waals surface area contributed by atoms with Gasteiger partial charge in [0, 0.05) is 27.1 Å². The highest BCUT2D eigenvalue weighted by molar-refractivity contribution is 9.18. The molecule has 0 N–H and O–H groups in total. The van der Waals surface area contributed by atoms with E-state index in [1.807, 2.05) is 0 Å². The second-order valence-corrected chi connectivity index (χ2v) is 4.72. The summed E-state index contributed by atoms with van der Waals surface area (Å²) in [4.78, 5) is 32.2. The summed E-state index contributed by atoms with van der Waals surface area (Å²) < 4.78 is 3.91. The highest BCUT2D eigenvalue weighted by Crippen LogP contribution is 2.21. The van der Waals surface area contributed by atoms with Gasteiger partial charge in [-0.2, -0.15) is 0 Å². The lowest BCUT2D eigenvalue weighted by molar-refractivity contribution is 0.109. The van der Waals surface area contributed by atoms with Crippen molar-refractivity contribution in [2.24, 2.45) is 0 Å². The fourth-order valence-corrected chi connectivity index (χ4v) is 1.62. The second-order valence-electron chi connectivity index (χ2n) is 2.63. The quantitative estimate of drug-likeness (QED) is 0.708. The lowest BCUT2D eigenvalue weighted by atomic mass is 10.1. The third-order valence-electron chi connectivity index (χ3n) is 1.56. The predicted molar refractivity (Wildman–Crippen MR) is 67.9 cm³/mol. The van der Waals surface area contributed by atoms with Crippen LogP contribution in [0.4, 0.5) is 4.79 Å². The fourth-order valence-electron chi connectivity index (χ4n) is 0.978. The molecule has 0 unspecified atom stereocenters. The molecule has 0 bridgehead atoms. The lowest BCUT2D eigenvalue weighted by Crippen LogP contribution is -2.00. The number of hydrogen-bond acceptors (Lipinski definition) is 4. The van der Waals surface area contributed by atoms with E-state index in [0.717, 1.165) is 0 Å². The molecule has 16 heavy (non-hydrogen) atoms. The van der Waals surface area contributed by atoms with Crippen molar-refractivity contribution in [2.45, 2.75) is 0 Å². The molecule has 0 saturated carbocycles. The van der Waals surface area contributed by atoms with Gasteiger partial charge in [0.05, 0.1) is 0 Å². The molecule has 0 amide bonds. The Morgan fingerprint density at radius 2 is 1.31 bits per heavy atom. The number of ether oxygens (including phenoxy) is 1. The molecule has 1 rings (SSSR count). The maximum absolute atomic E-state index is 11.1. The van der Waals surface area contributed by atoms with Gasteiger partial charge >= 0.3 is 4.88 Å². The van der Waals surface area contributed by atoms with Crippen molar-refractivity contribution in [1.29, 1.82) is 0 Å². The van der Waals surface area contributed by atoms with E-state index in [9.17, 15) is 14.4 Å². The summed E-state index contributed by atoms with van der Waals surface area (Å²) in [5, 5.41) is 0. The molecule has 0 atom stereocenters. The summed E-state index contributed by atoms with van der Waals surface area (Å²) in [6.45, 7) is 0. The van der Waals surface area contributed by atoms with Crippen LogP contribution >= 0.6 is 47.8 Å². The Labute approximate surface area is 116 Å².